The topological polar surface area (TPSA) is 19.4 Å². The van der Waals surface area contributed by atoms with Gasteiger partial charge in [-0.3, -0.25) is 0 Å². The molecule has 0 saturated heterocycles. The molecule has 3 heterocycles. The van der Waals surface area contributed by atoms with Gasteiger partial charge in [0.25, 0.3) is 0 Å². The lowest BCUT2D eigenvalue weighted by Crippen LogP contribution is -2.50. The predicted octanol–water partition coefficient (Wildman–Crippen LogP) is 5.38. The molecule has 6 rings (SSSR count). The van der Waals surface area contributed by atoms with Crippen LogP contribution in [0.3, 0.4) is 0 Å². The summed E-state index contributed by atoms with van der Waals surface area (Å²) in [4.78, 5) is 9.79. The van der Waals surface area contributed by atoms with Gasteiger partial charge in [0.2, 0.25) is 0 Å². The molecule has 0 amide bonds. The van der Waals surface area contributed by atoms with E-state index >= 15 is 0 Å². The van der Waals surface area contributed by atoms with Crippen molar-refractivity contribution in [3.05, 3.63) is 78.5 Å². The van der Waals surface area contributed by atoms with E-state index in [0.717, 1.165) is 5.82 Å². The molecule has 3 aromatic rings. The molecule has 3 heteroatoms. The largest absolute Gasteiger partial charge is 0.316 e. The Labute approximate surface area is 153 Å². The Morgan fingerprint density at radius 1 is 0.846 bits per heavy atom. The summed E-state index contributed by atoms with van der Waals surface area (Å²) in [5.41, 5.74) is 5.64. The van der Waals surface area contributed by atoms with Crippen molar-refractivity contribution >= 4 is 22.9 Å². The first-order chi connectivity index (χ1) is 12.7. The Kier molecular flexibility index (Phi) is 2.47. The first kappa shape index (κ1) is 14.4. The van der Waals surface area contributed by atoms with Crippen LogP contribution in [0.2, 0.25) is 0 Å². The molecule has 2 aromatic carbocycles. The molecule has 1 aromatic heterocycles. The zero-order valence-corrected chi connectivity index (χ0v) is 15.1. The lowest BCUT2D eigenvalue weighted by molar-refractivity contribution is 0.371. The fourth-order valence-corrected chi connectivity index (χ4v) is 5.43. The lowest BCUT2D eigenvalue weighted by atomic mass is 9.81. The molecular weight excluding hydrogens is 318 g/mol. The van der Waals surface area contributed by atoms with Crippen LogP contribution < -0.4 is 9.80 Å². The average Bonchev–Trinajstić information content (AvgIpc) is 3.11. The second kappa shape index (κ2) is 4.47. The maximum atomic E-state index is 4.81. The van der Waals surface area contributed by atoms with Crippen molar-refractivity contribution in [1.29, 1.82) is 0 Å². The Morgan fingerprint density at radius 2 is 1.58 bits per heavy atom. The van der Waals surface area contributed by atoms with E-state index in [1.165, 1.54) is 29.0 Å². The van der Waals surface area contributed by atoms with E-state index in [4.69, 9.17) is 4.98 Å². The van der Waals surface area contributed by atoms with Crippen LogP contribution in [-0.4, -0.2) is 11.1 Å². The lowest BCUT2D eigenvalue weighted by Gasteiger charge is -2.44. The molecule has 3 nitrogen and oxygen atoms in total. The first-order valence-electron chi connectivity index (χ1n) is 9.33. The van der Waals surface area contributed by atoms with Crippen molar-refractivity contribution in [3.8, 4) is 0 Å². The Bertz CT molecular complexity index is 1030. The van der Waals surface area contributed by atoms with E-state index in [9.17, 15) is 0 Å². The zero-order valence-electron chi connectivity index (χ0n) is 15.1. The Morgan fingerprint density at radius 3 is 2.42 bits per heavy atom. The van der Waals surface area contributed by atoms with Crippen molar-refractivity contribution in [2.45, 2.75) is 31.8 Å². The van der Waals surface area contributed by atoms with Crippen LogP contribution in [0.4, 0.5) is 22.9 Å². The maximum Gasteiger partial charge on any atom is 0.158 e. The molecule has 0 bridgehead atoms. The summed E-state index contributed by atoms with van der Waals surface area (Å²) in [6, 6.07) is 23.9. The molecule has 0 spiro atoms. The normalized spacial score (nSPS) is 30.3. The molecule has 1 fully saturated rings. The summed E-state index contributed by atoms with van der Waals surface area (Å²) in [5.74, 6) is 1.07. The van der Waals surface area contributed by atoms with E-state index < -0.39 is 0 Å². The van der Waals surface area contributed by atoms with E-state index in [-0.39, 0.29) is 17.0 Å². The van der Waals surface area contributed by atoms with Crippen LogP contribution in [0.1, 0.15) is 25.8 Å². The number of hydrogen-bond acceptors (Lipinski definition) is 3. The molecule has 128 valence electrons. The van der Waals surface area contributed by atoms with Crippen molar-refractivity contribution in [3.63, 3.8) is 0 Å². The van der Waals surface area contributed by atoms with Gasteiger partial charge in [-0.25, -0.2) is 4.98 Å². The molecule has 3 unspecified atom stereocenters. The van der Waals surface area contributed by atoms with E-state index in [0.29, 0.717) is 0 Å². The summed E-state index contributed by atoms with van der Waals surface area (Å²) in [6.07, 6.45) is 3.38. The molecule has 26 heavy (non-hydrogen) atoms. The van der Waals surface area contributed by atoms with Crippen molar-refractivity contribution in [1.82, 2.24) is 4.98 Å². The maximum absolute atomic E-state index is 4.81. The fraction of sp³-hybridized carbons (Fsp3) is 0.261. The number of aromatic nitrogens is 1. The molecule has 0 N–H and O–H groups in total. The SMILES string of the molecule is CC12CC1(C)C1N(c3ccccc3)c3cccnc3N1c1ccccc12. The number of fused-ring (bicyclic) bond motifs is 8. The number of hydrogen-bond donors (Lipinski definition) is 0. The zero-order chi connectivity index (χ0) is 17.5. The van der Waals surface area contributed by atoms with Crippen molar-refractivity contribution < 1.29 is 0 Å². The molecule has 0 radical (unpaired) electrons. The molecule has 2 aliphatic heterocycles. The van der Waals surface area contributed by atoms with Gasteiger partial charge < -0.3 is 9.80 Å². The molecule has 3 atom stereocenters. The third kappa shape index (κ3) is 1.49. The van der Waals surface area contributed by atoms with E-state index in [1.807, 2.05) is 12.3 Å². The summed E-state index contributed by atoms with van der Waals surface area (Å²) >= 11 is 0. The summed E-state index contributed by atoms with van der Waals surface area (Å²) in [7, 11) is 0. The van der Waals surface area contributed by atoms with Crippen LogP contribution in [-0.2, 0) is 5.41 Å². The minimum absolute atomic E-state index is 0.192. The summed E-state index contributed by atoms with van der Waals surface area (Å²) in [5, 5.41) is 0. The highest BCUT2D eigenvalue weighted by Crippen LogP contribution is 2.74. The van der Waals surface area contributed by atoms with E-state index in [1.54, 1.807) is 0 Å². The number of nitrogens with zero attached hydrogens (tertiary/aromatic N) is 3. The van der Waals surface area contributed by atoms with Gasteiger partial charge in [-0.2, -0.15) is 0 Å². The second-order valence-electron chi connectivity index (χ2n) is 8.24. The third-order valence-corrected chi connectivity index (χ3v) is 6.96. The van der Waals surface area contributed by atoms with Gasteiger partial charge in [0.1, 0.15) is 6.17 Å². The molecule has 1 saturated carbocycles. The summed E-state index contributed by atoms with van der Waals surface area (Å²) < 4.78 is 0. The van der Waals surface area contributed by atoms with Gasteiger partial charge in [-0.05, 0) is 42.3 Å². The van der Waals surface area contributed by atoms with Crippen LogP contribution in [0.25, 0.3) is 0 Å². The van der Waals surface area contributed by atoms with Crippen molar-refractivity contribution in [2.75, 3.05) is 9.80 Å². The van der Waals surface area contributed by atoms with Gasteiger partial charge in [0, 0.05) is 28.4 Å². The number of anilines is 4. The van der Waals surface area contributed by atoms with Crippen LogP contribution in [0.15, 0.2) is 72.9 Å². The quantitative estimate of drug-likeness (QED) is 0.593. The minimum atomic E-state index is 0.192. The smallest absolute Gasteiger partial charge is 0.158 e. The van der Waals surface area contributed by atoms with E-state index in [2.05, 4.69) is 84.3 Å². The highest BCUT2D eigenvalue weighted by atomic mass is 15.5. The highest BCUT2D eigenvalue weighted by Gasteiger charge is 2.73. The number of rotatable bonds is 1. The minimum Gasteiger partial charge on any atom is -0.316 e. The Balaban J connectivity index is 1.67. The molecule has 1 aliphatic carbocycles. The number of pyridine rings is 1. The fourth-order valence-electron chi connectivity index (χ4n) is 5.43. The molecule has 3 aliphatic rings. The number of para-hydroxylation sites is 2. The monoisotopic (exact) mass is 339 g/mol. The van der Waals surface area contributed by atoms with Gasteiger partial charge in [-0.15, -0.1) is 0 Å². The number of benzene rings is 2. The predicted molar refractivity (Wildman–Crippen MR) is 105 cm³/mol. The van der Waals surface area contributed by atoms with Gasteiger partial charge in [-0.1, -0.05) is 50.2 Å². The molecular formula is C23H21N3. The first-order valence-corrected chi connectivity index (χ1v) is 9.33. The standard InChI is InChI=1S/C23H21N3/c1-22-15-23(22,2)21-25(16-9-4-3-5-10-16)19-13-8-14-24-20(19)26(21)18-12-7-6-11-17(18)22/h3-14,21H,15H2,1-2H3. The second-order valence-corrected chi connectivity index (χ2v) is 8.24. The third-order valence-electron chi connectivity index (χ3n) is 6.96. The van der Waals surface area contributed by atoms with Crippen LogP contribution in [0, 0.1) is 5.41 Å². The van der Waals surface area contributed by atoms with Gasteiger partial charge >= 0.3 is 0 Å². The van der Waals surface area contributed by atoms with Crippen LogP contribution in [0.5, 0.6) is 0 Å². The average molecular weight is 339 g/mol. The highest BCUT2D eigenvalue weighted by molar-refractivity contribution is 5.89. The van der Waals surface area contributed by atoms with Gasteiger partial charge in [0.05, 0.1) is 5.69 Å². The van der Waals surface area contributed by atoms with Crippen molar-refractivity contribution in [2.24, 2.45) is 5.41 Å². The van der Waals surface area contributed by atoms with Gasteiger partial charge in [0.15, 0.2) is 5.82 Å². The van der Waals surface area contributed by atoms with Crippen LogP contribution >= 0.6 is 0 Å². The Hall–Kier alpha value is -2.81. The summed E-state index contributed by atoms with van der Waals surface area (Å²) in [6.45, 7) is 4.88.